The number of nitrogens with one attached hydrogen (secondary N) is 1. The maximum absolute atomic E-state index is 12.3. The van der Waals surface area contributed by atoms with Crippen molar-refractivity contribution < 1.29 is 19.2 Å². The van der Waals surface area contributed by atoms with Gasteiger partial charge >= 0.3 is 6.09 Å². The molecule has 2 aliphatic rings. The summed E-state index contributed by atoms with van der Waals surface area (Å²) in [6.07, 6.45) is 1.66. The molecule has 3 atom stereocenters. The largest absolute Gasteiger partial charge is 0.444 e. The number of amides is 2. The third kappa shape index (κ3) is 5.07. The molecule has 1 heterocycles. The molecule has 0 radical (unpaired) electrons. The van der Waals surface area contributed by atoms with Gasteiger partial charge < -0.3 is 15.0 Å². The van der Waals surface area contributed by atoms with E-state index in [0.29, 0.717) is 26.1 Å². The minimum absolute atomic E-state index is 0.117. The van der Waals surface area contributed by atoms with Gasteiger partial charge in [-0.1, -0.05) is 0 Å². The minimum Gasteiger partial charge on any atom is -0.444 e. The van der Waals surface area contributed by atoms with Crippen LogP contribution in [0.15, 0.2) is 0 Å². The molecule has 2 fully saturated rings. The summed E-state index contributed by atoms with van der Waals surface area (Å²) in [4.78, 5) is 35.9. The van der Waals surface area contributed by atoms with Crippen LogP contribution in [0.2, 0.25) is 0 Å². The first-order valence-corrected chi connectivity index (χ1v) is 8.06. The van der Waals surface area contributed by atoms with Crippen molar-refractivity contribution in [1.29, 1.82) is 0 Å². The van der Waals surface area contributed by atoms with E-state index in [4.69, 9.17) is 4.74 Å². The van der Waals surface area contributed by atoms with Crippen LogP contribution in [-0.2, 0) is 9.53 Å². The molecule has 0 aromatic carbocycles. The lowest BCUT2D eigenvalue weighted by molar-refractivity contribution is -0.497. The average Bonchev–Trinajstić information content (AvgIpc) is 3.23. The first-order chi connectivity index (χ1) is 10.7. The van der Waals surface area contributed by atoms with Crippen molar-refractivity contribution in [2.45, 2.75) is 51.7 Å². The van der Waals surface area contributed by atoms with Crippen molar-refractivity contribution >= 4 is 12.0 Å². The van der Waals surface area contributed by atoms with Crippen LogP contribution in [0, 0.1) is 22.0 Å². The summed E-state index contributed by atoms with van der Waals surface area (Å²) < 4.78 is 5.19. The summed E-state index contributed by atoms with van der Waals surface area (Å²) >= 11 is 0. The molecular weight excluding hydrogens is 302 g/mol. The van der Waals surface area contributed by atoms with Crippen LogP contribution in [0.4, 0.5) is 4.79 Å². The van der Waals surface area contributed by atoms with Crippen LogP contribution in [0.1, 0.15) is 40.0 Å². The number of nitro groups is 1. The SMILES string of the molecule is CC(C)(C)OC(=O)NCC1CCCN(C(=O)C2CC2[N+](=O)[O-])C1. The van der Waals surface area contributed by atoms with Crippen LogP contribution in [0.5, 0.6) is 0 Å². The third-order valence-electron chi connectivity index (χ3n) is 4.11. The molecule has 1 saturated carbocycles. The Bertz CT molecular complexity index is 488. The Morgan fingerprint density at radius 1 is 1.39 bits per heavy atom. The first-order valence-electron chi connectivity index (χ1n) is 8.06. The maximum atomic E-state index is 12.3. The number of likely N-dealkylation sites (tertiary alicyclic amines) is 1. The highest BCUT2D eigenvalue weighted by atomic mass is 16.6. The van der Waals surface area contributed by atoms with Crippen molar-refractivity contribution in [2.24, 2.45) is 11.8 Å². The highest BCUT2D eigenvalue weighted by Crippen LogP contribution is 2.35. The van der Waals surface area contributed by atoms with Crippen molar-refractivity contribution in [3.8, 4) is 0 Å². The lowest BCUT2D eigenvalue weighted by atomic mass is 9.97. The summed E-state index contributed by atoms with van der Waals surface area (Å²) in [7, 11) is 0. The minimum atomic E-state index is -0.706. The van der Waals surface area contributed by atoms with E-state index in [2.05, 4.69) is 5.32 Å². The molecule has 1 aliphatic heterocycles. The van der Waals surface area contributed by atoms with Gasteiger partial charge in [-0.05, 0) is 39.5 Å². The van der Waals surface area contributed by atoms with Crippen LogP contribution >= 0.6 is 0 Å². The Morgan fingerprint density at radius 3 is 2.65 bits per heavy atom. The normalized spacial score (nSPS) is 27.3. The van der Waals surface area contributed by atoms with Gasteiger partial charge in [0.05, 0.1) is 0 Å². The fourth-order valence-electron chi connectivity index (χ4n) is 2.89. The lowest BCUT2D eigenvalue weighted by Crippen LogP contribution is -2.45. The number of nitrogens with zero attached hydrogens (tertiary/aromatic N) is 2. The zero-order valence-corrected chi connectivity index (χ0v) is 13.9. The molecule has 1 saturated heterocycles. The molecule has 1 N–H and O–H groups in total. The number of carbonyl (C=O) groups is 2. The van der Waals surface area contributed by atoms with Crippen molar-refractivity contribution in [2.75, 3.05) is 19.6 Å². The highest BCUT2D eigenvalue weighted by Gasteiger charge is 2.54. The highest BCUT2D eigenvalue weighted by molar-refractivity contribution is 5.82. The number of alkyl carbamates (subject to hydrolysis) is 1. The van der Waals surface area contributed by atoms with Gasteiger partial charge in [-0.3, -0.25) is 14.9 Å². The molecule has 130 valence electrons. The number of carbonyl (C=O) groups excluding carboxylic acids is 2. The van der Waals surface area contributed by atoms with Crippen LogP contribution in [0.25, 0.3) is 0 Å². The van der Waals surface area contributed by atoms with Gasteiger partial charge in [0, 0.05) is 31.0 Å². The molecule has 23 heavy (non-hydrogen) atoms. The molecule has 0 aromatic heterocycles. The van der Waals surface area contributed by atoms with E-state index >= 15 is 0 Å². The molecule has 0 bridgehead atoms. The van der Waals surface area contributed by atoms with Crippen LogP contribution in [0.3, 0.4) is 0 Å². The molecule has 0 spiro atoms. The Kier molecular flexibility index (Phi) is 5.11. The van der Waals surface area contributed by atoms with Crippen molar-refractivity contribution in [3.63, 3.8) is 0 Å². The molecule has 8 heteroatoms. The Morgan fingerprint density at radius 2 is 2.09 bits per heavy atom. The molecule has 2 amide bonds. The average molecular weight is 327 g/mol. The molecular formula is C15H25N3O5. The van der Waals surface area contributed by atoms with Gasteiger partial charge in [0.2, 0.25) is 11.9 Å². The smallest absolute Gasteiger partial charge is 0.407 e. The summed E-state index contributed by atoms with van der Waals surface area (Å²) in [5, 5.41) is 13.4. The zero-order valence-electron chi connectivity index (χ0n) is 13.9. The quantitative estimate of drug-likeness (QED) is 0.621. The van der Waals surface area contributed by atoms with E-state index in [9.17, 15) is 19.7 Å². The Hall–Kier alpha value is -1.86. The summed E-state index contributed by atoms with van der Waals surface area (Å²) in [5.74, 6) is -0.413. The van der Waals surface area contributed by atoms with Gasteiger partial charge in [-0.2, -0.15) is 0 Å². The first kappa shape index (κ1) is 17.5. The van der Waals surface area contributed by atoms with Gasteiger partial charge in [0.15, 0.2) is 0 Å². The maximum Gasteiger partial charge on any atom is 0.407 e. The predicted octanol–water partition coefficient (Wildman–Crippen LogP) is 1.41. The van der Waals surface area contributed by atoms with E-state index in [1.54, 1.807) is 25.7 Å². The number of piperidine rings is 1. The summed E-state index contributed by atoms with van der Waals surface area (Å²) in [6.45, 7) is 7.03. The van der Waals surface area contributed by atoms with Gasteiger partial charge in [0.1, 0.15) is 11.5 Å². The molecule has 0 aromatic rings. The van der Waals surface area contributed by atoms with Gasteiger partial charge in [-0.15, -0.1) is 0 Å². The van der Waals surface area contributed by atoms with E-state index in [0.717, 1.165) is 12.8 Å². The Labute approximate surface area is 135 Å². The second-order valence-corrected chi connectivity index (χ2v) is 7.37. The van der Waals surface area contributed by atoms with Crippen LogP contribution < -0.4 is 5.32 Å². The molecule has 1 aliphatic carbocycles. The van der Waals surface area contributed by atoms with Crippen molar-refractivity contribution in [1.82, 2.24) is 10.2 Å². The third-order valence-corrected chi connectivity index (χ3v) is 4.11. The summed E-state index contributed by atoms with van der Waals surface area (Å²) in [6, 6.07) is -0.706. The fourth-order valence-corrected chi connectivity index (χ4v) is 2.89. The van der Waals surface area contributed by atoms with Crippen LogP contribution in [-0.4, -0.2) is 53.1 Å². The van der Waals surface area contributed by atoms with E-state index in [1.165, 1.54) is 0 Å². The summed E-state index contributed by atoms with van der Waals surface area (Å²) in [5.41, 5.74) is -0.540. The monoisotopic (exact) mass is 327 g/mol. The molecule has 2 rings (SSSR count). The number of ether oxygens (including phenoxy) is 1. The Balaban J connectivity index is 1.76. The fraction of sp³-hybridized carbons (Fsp3) is 0.867. The zero-order chi connectivity index (χ0) is 17.2. The van der Waals surface area contributed by atoms with Gasteiger partial charge in [-0.25, -0.2) is 4.79 Å². The van der Waals surface area contributed by atoms with E-state index in [-0.39, 0.29) is 16.7 Å². The number of hydrogen-bond acceptors (Lipinski definition) is 5. The lowest BCUT2D eigenvalue weighted by Gasteiger charge is -2.33. The number of hydrogen-bond donors (Lipinski definition) is 1. The van der Waals surface area contributed by atoms with E-state index in [1.807, 2.05) is 0 Å². The second-order valence-electron chi connectivity index (χ2n) is 7.37. The van der Waals surface area contributed by atoms with E-state index < -0.39 is 23.7 Å². The van der Waals surface area contributed by atoms with Gasteiger partial charge in [0.25, 0.3) is 0 Å². The topological polar surface area (TPSA) is 102 Å². The molecule has 8 nitrogen and oxygen atoms in total. The molecule has 3 unspecified atom stereocenters. The number of rotatable bonds is 4. The standard InChI is InChI=1S/C15H25N3O5/c1-15(2,3)23-14(20)16-8-10-5-4-6-17(9-10)13(19)11-7-12(11)18(21)22/h10-12H,4-9H2,1-3H3,(H,16,20). The van der Waals surface area contributed by atoms with Crippen molar-refractivity contribution in [3.05, 3.63) is 10.1 Å². The predicted molar refractivity (Wildman–Crippen MR) is 82.4 cm³/mol. The second kappa shape index (κ2) is 6.72.